The maximum Gasteiger partial charge on any atom is 0.272 e. The number of hydrogen-bond donors (Lipinski definition) is 1. The predicted octanol–water partition coefficient (Wildman–Crippen LogP) is 2.28. The van der Waals surface area contributed by atoms with Gasteiger partial charge >= 0.3 is 0 Å². The number of benzene rings is 1. The predicted molar refractivity (Wildman–Crippen MR) is 97.9 cm³/mol. The molecule has 1 saturated heterocycles. The van der Waals surface area contributed by atoms with Crippen molar-refractivity contribution >= 4 is 22.6 Å². The Morgan fingerprint density at radius 3 is 2.92 bits per heavy atom. The van der Waals surface area contributed by atoms with Crippen LogP contribution in [0.5, 0.6) is 0 Å². The lowest BCUT2D eigenvalue weighted by atomic mass is 10.1. The lowest BCUT2D eigenvalue weighted by Crippen LogP contribution is -2.43. The second-order valence-corrected chi connectivity index (χ2v) is 6.04. The third kappa shape index (κ3) is 3.09. The Morgan fingerprint density at radius 1 is 1.19 bits per heavy atom. The quantitative estimate of drug-likeness (QED) is 0.781. The number of anilines is 1. The Balaban J connectivity index is 1.57. The van der Waals surface area contributed by atoms with Gasteiger partial charge in [0, 0.05) is 31.4 Å². The average molecular weight is 349 g/mol. The number of fused-ring (bicyclic) bond motifs is 1. The minimum absolute atomic E-state index is 0.0982. The number of amides is 1. The number of pyridine rings is 1. The highest BCUT2D eigenvalue weighted by Crippen LogP contribution is 2.26. The van der Waals surface area contributed by atoms with E-state index in [0.29, 0.717) is 36.9 Å². The van der Waals surface area contributed by atoms with Gasteiger partial charge in [-0.2, -0.15) is 0 Å². The maximum absolute atomic E-state index is 12.9. The summed E-state index contributed by atoms with van der Waals surface area (Å²) >= 11 is 0. The van der Waals surface area contributed by atoms with Crippen molar-refractivity contribution in [3.63, 3.8) is 0 Å². The van der Waals surface area contributed by atoms with Gasteiger partial charge in [-0.05, 0) is 12.1 Å². The highest BCUT2D eigenvalue weighted by molar-refractivity contribution is 5.95. The Bertz CT molecular complexity index is 946. The number of morpholine rings is 1. The van der Waals surface area contributed by atoms with Gasteiger partial charge in [-0.15, -0.1) is 0 Å². The summed E-state index contributed by atoms with van der Waals surface area (Å²) in [6, 6.07) is 11.5. The molecule has 7 nitrogen and oxygen atoms in total. The van der Waals surface area contributed by atoms with Crippen molar-refractivity contribution in [2.45, 2.75) is 6.10 Å². The largest absolute Gasteiger partial charge is 0.372 e. The first-order chi connectivity index (χ1) is 12.8. The first-order valence-electron chi connectivity index (χ1n) is 8.51. The van der Waals surface area contributed by atoms with E-state index >= 15 is 0 Å². The molecule has 0 saturated carbocycles. The number of para-hydroxylation sites is 1. The SMILES string of the molecule is CNc1nccnc1[C@@H]1CN(C(=O)c2ccc3ccccc3n2)CCO1. The average Bonchev–Trinajstić information content (AvgIpc) is 2.73. The third-order valence-electron chi connectivity index (χ3n) is 4.44. The van der Waals surface area contributed by atoms with Gasteiger partial charge in [-0.25, -0.2) is 9.97 Å². The fourth-order valence-corrected chi connectivity index (χ4v) is 3.12. The van der Waals surface area contributed by atoms with Crippen LogP contribution in [0.4, 0.5) is 5.82 Å². The van der Waals surface area contributed by atoms with Crippen molar-refractivity contribution in [3.8, 4) is 0 Å². The van der Waals surface area contributed by atoms with Crippen LogP contribution >= 0.6 is 0 Å². The molecule has 1 fully saturated rings. The van der Waals surface area contributed by atoms with E-state index in [1.807, 2.05) is 30.3 Å². The topological polar surface area (TPSA) is 80.2 Å². The van der Waals surface area contributed by atoms with E-state index in [-0.39, 0.29) is 12.0 Å². The number of aromatic nitrogens is 3. The molecule has 1 atom stereocenters. The summed E-state index contributed by atoms with van der Waals surface area (Å²) in [5.41, 5.74) is 1.96. The number of carbonyl (C=O) groups is 1. The van der Waals surface area contributed by atoms with Gasteiger partial charge in [0.25, 0.3) is 5.91 Å². The summed E-state index contributed by atoms with van der Waals surface area (Å²) in [5, 5.41) is 4.04. The summed E-state index contributed by atoms with van der Waals surface area (Å²) in [7, 11) is 1.79. The Hall–Kier alpha value is -3.06. The summed E-state index contributed by atoms with van der Waals surface area (Å²) in [6.07, 6.45) is 2.94. The van der Waals surface area contributed by atoms with E-state index < -0.39 is 0 Å². The van der Waals surface area contributed by atoms with E-state index in [9.17, 15) is 4.79 Å². The summed E-state index contributed by atoms with van der Waals surface area (Å²) < 4.78 is 5.84. The Kier molecular flexibility index (Phi) is 4.45. The Labute approximate surface area is 151 Å². The molecule has 0 unspecified atom stereocenters. The van der Waals surface area contributed by atoms with Gasteiger partial charge in [0.15, 0.2) is 0 Å². The molecule has 0 bridgehead atoms. The van der Waals surface area contributed by atoms with Crippen molar-refractivity contribution in [2.75, 3.05) is 32.1 Å². The molecule has 26 heavy (non-hydrogen) atoms. The maximum atomic E-state index is 12.9. The van der Waals surface area contributed by atoms with Crippen molar-refractivity contribution in [1.82, 2.24) is 19.9 Å². The minimum atomic E-state index is -0.315. The van der Waals surface area contributed by atoms with Crippen molar-refractivity contribution in [1.29, 1.82) is 0 Å². The van der Waals surface area contributed by atoms with Crippen LogP contribution in [0.15, 0.2) is 48.8 Å². The zero-order valence-electron chi connectivity index (χ0n) is 14.4. The van der Waals surface area contributed by atoms with Gasteiger partial charge < -0.3 is 15.0 Å². The molecule has 3 heterocycles. The molecule has 0 aliphatic carbocycles. The monoisotopic (exact) mass is 349 g/mol. The Morgan fingerprint density at radius 2 is 2.04 bits per heavy atom. The summed E-state index contributed by atoms with van der Waals surface area (Å²) in [4.78, 5) is 27.8. The molecule has 1 N–H and O–H groups in total. The van der Waals surface area contributed by atoms with Crippen LogP contribution in [-0.4, -0.2) is 52.5 Å². The van der Waals surface area contributed by atoms with Crippen LogP contribution in [0, 0.1) is 0 Å². The van der Waals surface area contributed by atoms with Gasteiger partial charge in [-0.3, -0.25) is 9.78 Å². The number of nitrogens with zero attached hydrogens (tertiary/aromatic N) is 4. The second kappa shape index (κ2) is 7.05. The minimum Gasteiger partial charge on any atom is -0.372 e. The van der Waals surface area contributed by atoms with Gasteiger partial charge in [0.2, 0.25) is 0 Å². The smallest absolute Gasteiger partial charge is 0.272 e. The molecule has 1 amide bonds. The molecule has 0 spiro atoms. The molecule has 2 aromatic heterocycles. The third-order valence-corrected chi connectivity index (χ3v) is 4.44. The summed E-state index contributed by atoms with van der Waals surface area (Å²) in [6.45, 7) is 1.39. The van der Waals surface area contributed by atoms with Crippen molar-refractivity contribution in [2.24, 2.45) is 0 Å². The normalized spacial score (nSPS) is 17.3. The van der Waals surface area contributed by atoms with E-state index in [4.69, 9.17) is 4.74 Å². The molecule has 3 aromatic rings. The van der Waals surface area contributed by atoms with E-state index in [1.54, 1.807) is 30.4 Å². The van der Waals surface area contributed by atoms with Crippen LogP contribution in [0.25, 0.3) is 10.9 Å². The molecule has 1 aromatic carbocycles. The number of hydrogen-bond acceptors (Lipinski definition) is 6. The molecular formula is C19H19N5O2. The molecular weight excluding hydrogens is 330 g/mol. The lowest BCUT2D eigenvalue weighted by molar-refractivity contribution is -0.0247. The van der Waals surface area contributed by atoms with Crippen molar-refractivity contribution < 1.29 is 9.53 Å². The van der Waals surface area contributed by atoms with Gasteiger partial charge in [0.1, 0.15) is 23.3 Å². The van der Waals surface area contributed by atoms with Crippen LogP contribution in [-0.2, 0) is 4.74 Å². The molecule has 1 aliphatic rings. The number of rotatable bonds is 3. The lowest BCUT2D eigenvalue weighted by Gasteiger charge is -2.32. The van der Waals surface area contributed by atoms with Crippen LogP contribution in [0.2, 0.25) is 0 Å². The fourth-order valence-electron chi connectivity index (χ4n) is 3.12. The van der Waals surface area contributed by atoms with E-state index in [0.717, 1.165) is 10.9 Å². The first-order valence-corrected chi connectivity index (χ1v) is 8.51. The van der Waals surface area contributed by atoms with Crippen LogP contribution in [0.3, 0.4) is 0 Å². The van der Waals surface area contributed by atoms with Crippen LogP contribution < -0.4 is 5.32 Å². The summed E-state index contributed by atoms with van der Waals surface area (Å²) in [5.74, 6) is 0.564. The molecule has 132 valence electrons. The molecule has 4 rings (SSSR count). The molecule has 7 heteroatoms. The zero-order valence-corrected chi connectivity index (χ0v) is 14.4. The standard InChI is InChI=1S/C19H19N5O2/c1-20-18-17(21-8-9-22-18)16-12-24(10-11-26-16)19(25)15-7-6-13-4-2-3-5-14(13)23-15/h2-9,16H,10-12H2,1H3,(H,20,22)/t16-/m0/s1. The molecule has 0 radical (unpaired) electrons. The first kappa shape index (κ1) is 16.4. The van der Waals surface area contributed by atoms with Gasteiger partial charge in [-0.1, -0.05) is 24.3 Å². The van der Waals surface area contributed by atoms with Gasteiger partial charge in [0.05, 0.1) is 18.7 Å². The number of carbonyl (C=O) groups excluding carboxylic acids is 1. The second-order valence-electron chi connectivity index (χ2n) is 6.04. The van der Waals surface area contributed by atoms with E-state index in [2.05, 4.69) is 20.3 Å². The number of ether oxygens (including phenoxy) is 1. The van der Waals surface area contributed by atoms with Crippen molar-refractivity contribution in [3.05, 3.63) is 60.2 Å². The molecule has 1 aliphatic heterocycles. The highest BCUT2D eigenvalue weighted by atomic mass is 16.5. The highest BCUT2D eigenvalue weighted by Gasteiger charge is 2.29. The zero-order chi connectivity index (χ0) is 17.9. The fraction of sp³-hybridized carbons (Fsp3) is 0.263. The number of nitrogens with one attached hydrogen (secondary N) is 1. The van der Waals surface area contributed by atoms with E-state index in [1.165, 1.54) is 0 Å². The van der Waals surface area contributed by atoms with Crippen LogP contribution in [0.1, 0.15) is 22.3 Å².